The van der Waals surface area contributed by atoms with Crippen molar-refractivity contribution in [2.24, 2.45) is 0 Å². The first-order valence-corrected chi connectivity index (χ1v) is 9.24. The van der Waals surface area contributed by atoms with Gasteiger partial charge in [0.15, 0.2) is 0 Å². The predicted molar refractivity (Wildman–Crippen MR) is 94.6 cm³/mol. The van der Waals surface area contributed by atoms with E-state index in [1.54, 1.807) is 24.3 Å². The first kappa shape index (κ1) is 18.7. The van der Waals surface area contributed by atoms with Crippen molar-refractivity contribution in [3.63, 3.8) is 0 Å². The lowest BCUT2D eigenvalue weighted by atomic mass is 10.2. The quantitative estimate of drug-likeness (QED) is 0.829. The van der Waals surface area contributed by atoms with Crippen LogP contribution in [0.2, 0.25) is 10.0 Å². The van der Waals surface area contributed by atoms with E-state index >= 15 is 0 Å². The highest BCUT2D eigenvalue weighted by atomic mass is 35.5. The maximum absolute atomic E-state index is 13.0. The van der Waals surface area contributed by atoms with Crippen molar-refractivity contribution in [3.05, 3.63) is 64.1 Å². The summed E-state index contributed by atoms with van der Waals surface area (Å²) in [5.74, 6) is -0.423. The Hall–Kier alpha value is -1.60. The Morgan fingerprint density at radius 3 is 2.42 bits per heavy atom. The molecule has 0 saturated heterocycles. The molecule has 2 rings (SSSR count). The zero-order valence-corrected chi connectivity index (χ0v) is 15.2. The van der Waals surface area contributed by atoms with Gasteiger partial charge < -0.3 is 5.32 Å². The molecule has 1 N–H and O–H groups in total. The van der Waals surface area contributed by atoms with Gasteiger partial charge in [0, 0.05) is 18.6 Å². The van der Waals surface area contributed by atoms with Crippen LogP contribution in [0.5, 0.6) is 0 Å². The number of sulfonamides is 1. The summed E-state index contributed by atoms with van der Waals surface area (Å²) in [6, 6.07) is 13.2. The van der Waals surface area contributed by atoms with Crippen LogP contribution in [0.3, 0.4) is 0 Å². The van der Waals surface area contributed by atoms with Crippen molar-refractivity contribution >= 4 is 39.1 Å². The monoisotopic (exact) mass is 386 g/mol. The van der Waals surface area contributed by atoms with Crippen molar-refractivity contribution in [3.8, 4) is 0 Å². The van der Waals surface area contributed by atoms with Gasteiger partial charge in [0.2, 0.25) is 15.9 Å². The topological polar surface area (TPSA) is 66.5 Å². The van der Waals surface area contributed by atoms with E-state index in [4.69, 9.17) is 23.2 Å². The smallest absolute Gasteiger partial charge is 0.245 e. The zero-order chi connectivity index (χ0) is 17.7. The highest BCUT2D eigenvalue weighted by Crippen LogP contribution is 2.28. The van der Waals surface area contributed by atoms with E-state index in [9.17, 15) is 13.2 Å². The number of halogens is 2. The number of carbonyl (C=O) groups is 1. The SMILES string of the molecule is CNC(=O)CN(Cc1ccccc1)S(=O)(=O)c1cc(Cl)ccc1Cl. The Morgan fingerprint density at radius 1 is 1.12 bits per heavy atom. The van der Waals surface area contributed by atoms with Crippen LogP contribution in [0.25, 0.3) is 0 Å². The normalized spacial score (nSPS) is 11.5. The molecule has 0 aromatic heterocycles. The van der Waals surface area contributed by atoms with Gasteiger partial charge in [0.05, 0.1) is 11.6 Å². The highest BCUT2D eigenvalue weighted by molar-refractivity contribution is 7.89. The summed E-state index contributed by atoms with van der Waals surface area (Å²) in [5, 5.41) is 2.72. The van der Waals surface area contributed by atoms with E-state index in [0.717, 1.165) is 9.87 Å². The number of nitrogens with zero attached hydrogens (tertiary/aromatic N) is 1. The average Bonchev–Trinajstić information content (AvgIpc) is 2.57. The molecule has 0 spiro atoms. The molecule has 0 aliphatic rings. The molecule has 0 unspecified atom stereocenters. The summed E-state index contributed by atoms with van der Waals surface area (Å²) in [6.07, 6.45) is 0. The van der Waals surface area contributed by atoms with Crippen LogP contribution in [0.1, 0.15) is 5.56 Å². The lowest BCUT2D eigenvalue weighted by Crippen LogP contribution is -2.39. The van der Waals surface area contributed by atoms with Gasteiger partial charge in [-0.2, -0.15) is 4.31 Å². The fourth-order valence-corrected chi connectivity index (χ4v) is 4.19. The standard InChI is InChI=1S/C16H16Cl2N2O3S/c1-19-16(21)11-20(10-12-5-3-2-4-6-12)24(22,23)15-9-13(17)7-8-14(15)18/h2-9H,10-11H2,1H3,(H,19,21). The summed E-state index contributed by atoms with van der Waals surface area (Å²) in [4.78, 5) is 11.6. The van der Waals surface area contributed by atoms with Crippen LogP contribution < -0.4 is 5.32 Å². The van der Waals surface area contributed by atoms with Crippen molar-refractivity contribution < 1.29 is 13.2 Å². The lowest BCUT2D eigenvalue weighted by molar-refractivity contribution is -0.120. The molecule has 0 aliphatic heterocycles. The summed E-state index contributed by atoms with van der Waals surface area (Å²) >= 11 is 11.9. The average molecular weight is 387 g/mol. The number of likely N-dealkylation sites (N-methyl/N-ethyl adjacent to an activating group) is 1. The van der Waals surface area contributed by atoms with E-state index in [1.165, 1.54) is 25.2 Å². The minimum absolute atomic E-state index is 0.0411. The number of hydrogen-bond donors (Lipinski definition) is 1. The molecule has 0 radical (unpaired) electrons. The van der Waals surface area contributed by atoms with E-state index in [-0.39, 0.29) is 28.0 Å². The Morgan fingerprint density at radius 2 is 1.79 bits per heavy atom. The molecule has 0 aliphatic carbocycles. The highest BCUT2D eigenvalue weighted by Gasteiger charge is 2.28. The van der Waals surface area contributed by atoms with Gasteiger partial charge in [-0.15, -0.1) is 0 Å². The second-order valence-electron chi connectivity index (χ2n) is 5.01. The number of carbonyl (C=O) groups excluding carboxylic acids is 1. The fraction of sp³-hybridized carbons (Fsp3) is 0.188. The molecule has 0 bridgehead atoms. The summed E-state index contributed by atoms with van der Waals surface area (Å²) in [7, 11) is -2.56. The van der Waals surface area contributed by atoms with Gasteiger partial charge >= 0.3 is 0 Å². The molecule has 24 heavy (non-hydrogen) atoms. The van der Waals surface area contributed by atoms with Gasteiger partial charge in [0.25, 0.3) is 0 Å². The Kier molecular flexibility index (Phi) is 6.23. The number of nitrogens with one attached hydrogen (secondary N) is 1. The third-order valence-electron chi connectivity index (χ3n) is 3.31. The number of amides is 1. The number of rotatable bonds is 6. The maximum Gasteiger partial charge on any atom is 0.245 e. The summed E-state index contributed by atoms with van der Waals surface area (Å²) in [6.45, 7) is -0.282. The van der Waals surface area contributed by atoms with Gasteiger partial charge in [-0.3, -0.25) is 4.79 Å². The third-order valence-corrected chi connectivity index (χ3v) is 5.82. The Bertz CT molecular complexity index is 826. The van der Waals surface area contributed by atoms with Crippen LogP contribution in [0.4, 0.5) is 0 Å². The molecule has 2 aromatic carbocycles. The largest absolute Gasteiger partial charge is 0.358 e. The maximum atomic E-state index is 13.0. The van der Waals surface area contributed by atoms with Crippen molar-refractivity contribution in [1.82, 2.24) is 9.62 Å². The molecule has 2 aromatic rings. The zero-order valence-electron chi connectivity index (χ0n) is 12.9. The predicted octanol–water partition coefficient (Wildman–Crippen LogP) is 2.93. The van der Waals surface area contributed by atoms with E-state index in [1.807, 2.05) is 6.07 Å². The van der Waals surface area contributed by atoms with E-state index in [0.29, 0.717) is 0 Å². The van der Waals surface area contributed by atoms with Crippen LogP contribution in [0.15, 0.2) is 53.4 Å². The Balaban J connectivity index is 2.44. The lowest BCUT2D eigenvalue weighted by Gasteiger charge is -2.22. The molecule has 1 amide bonds. The van der Waals surface area contributed by atoms with Crippen molar-refractivity contribution in [1.29, 1.82) is 0 Å². The molecule has 0 atom stereocenters. The Labute approximate surface area is 151 Å². The minimum Gasteiger partial charge on any atom is -0.358 e. The minimum atomic E-state index is -4.00. The van der Waals surface area contributed by atoms with Crippen LogP contribution in [0, 0.1) is 0 Å². The van der Waals surface area contributed by atoms with Gasteiger partial charge in [-0.1, -0.05) is 53.5 Å². The molecular weight excluding hydrogens is 371 g/mol. The van der Waals surface area contributed by atoms with Crippen LogP contribution >= 0.6 is 23.2 Å². The second kappa shape index (κ2) is 7.98. The van der Waals surface area contributed by atoms with Crippen molar-refractivity contribution in [2.45, 2.75) is 11.4 Å². The molecule has 8 heteroatoms. The van der Waals surface area contributed by atoms with E-state index in [2.05, 4.69) is 5.32 Å². The van der Waals surface area contributed by atoms with E-state index < -0.39 is 15.9 Å². The molecule has 128 valence electrons. The molecule has 5 nitrogen and oxygen atoms in total. The first-order valence-electron chi connectivity index (χ1n) is 7.04. The second-order valence-corrected chi connectivity index (χ2v) is 7.76. The van der Waals surface area contributed by atoms with Gasteiger partial charge in [-0.25, -0.2) is 8.42 Å². The van der Waals surface area contributed by atoms with Crippen LogP contribution in [-0.2, 0) is 21.4 Å². The molecule has 0 fully saturated rings. The molecule has 0 saturated carbocycles. The molecule has 0 heterocycles. The third kappa shape index (κ3) is 4.48. The molecular formula is C16H16Cl2N2O3S. The number of benzene rings is 2. The van der Waals surface area contributed by atoms with Gasteiger partial charge in [0.1, 0.15) is 4.90 Å². The fourth-order valence-electron chi connectivity index (χ4n) is 2.07. The summed E-state index contributed by atoms with van der Waals surface area (Å²) < 4.78 is 27.0. The van der Waals surface area contributed by atoms with Crippen LogP contribution in [-0.4, -0.2) is 32.2 Å². The first-order chi connectivity index (χ1) is 11.3. The van der Waals surface area contributed by atoms with Gasteiger partial charge in [-0.05, 0) is 23.8 Å². The van der Waals surface area contributed by atoms with Crippen molar-refractivity contribution in [2.75, 3.05) is 13.6 Å². The number of hydrogen-bond acceptors (Lipinski definition) is 3. The summed E-state index contributed by atoms with van der Waals surface area (Å²) in [5.41, 5.74) is 0.753.